The van der Waals surface area contributed by atoms with Gasteiger partial charge in [-0.05, 0) is 26.2 Å². The molecule has 48 heavy (non-hydrogen) atoms. The Morgan fingerprint density at radius 1 is 0.604 bits per heavy atom. The molecular formula is C29H51NO18. The quantitative estimate of drug-likeness (QED) is 0.0594. The lowest BCUT2D eigenvalue weighted by Crippen LogP contribution is -2.65. The lowest BCUT2D eigenvalue weighted by atomic mass is 9.96. The summed E-state index contributed by atoms with van der Waals surface area (Å²) in [4.78, 5) is 23.8. The summed E-state index contributed by atoms with van der Waals surface area (Å²) >= 11 is 0. The van der Waals surface area contributed by atoms with Crippen LogP contribution >= 0.6 is 0 Å². The van der Waals surface area contributed by atoms with E-state index in [1.165, 1.54) is 0 Å². The molecule has 3 fully saturated rings. The highest BCUT2D eigenvalue weighted by molar-refractivity contribution is 5.78. The number of Topliss-reactive ketones (excluding diaryl/α,β-unsaturated/α-hetero) is 1. The fraction of sp³-hybridized carbons (Fsp3) is 0.931. The third-order valence-corrected chi connectivity index (χ3v) is 8.42. The van der Waals surface area contributed by atoms with Crippen LogP contribution in [0.15, 0.2) is 0 Å². The zero-order valence-electron chi connectivity index (χ0n) is 26.7. The monoisotopic (exact) mass is 701 g/mol. The molecule has 0 spiro atoms. The Balaban J connectivity index is 1.63. The minimum atomic E-state index is -1.87. The van der Waals surface area contributed by atoms with Gasteiger partial charge in [-0.3, -0.25) is 9.59 Å². The van der Waals surface area contributed by atoms with Gasteiger partial charge in [0.2, 0.25) is 5.91 Å². The van der Waals surface area contributed by atoms with Crippen molar-refractivity contribution >= 4 is 11.7 Å². The van der Waals surface area contributed by atoms with E-state index in [9.17, 15) is 60.7 Å². The molecule has 0 unspecified atom stereocenters. The molecule has 0 saturated carbocycles. The molecule has 0 radical (unpaired) electrons. The van der Waals surface area contributed by atoms with Gasteiger partial charge in [0.1, 0.15) is 79.0 Å². The average molecular weight is 702 g/mol. The molecule has 19 nitrogen and oxygen atoms in total. The van der Waals surface area contributed by atoms with Crippen LogP contribution in [0.5, 0.6) is 0 Å². The van der Waals surface area contributed by atoms with E-state index in [2.05, 4.69) is 5.32 Å². The van der Waals surface area contributed by atoms with E-state index in [4.69, 9.17) is 28.4 Å². The molecular weight excluding hydrogens is 650 g/mol. The van der Waals surface area contributed by atoms with E-state index < -0.39 is 112 Å². The van der Waals surface area contributed by atoms with Crippen molar-refractivity contribution in [2.24, 2.45) is 0 Å². The van der Waals surface area contributed by atoms with Crippen molar-refractivity contribution < 1.29 is 89.1 Å². The second-order valence-corrected chi connectivity index (χ2v) is 12.0. The molecule has 3 aliphatic rings. The second-order valence-electron chi connectivity index (χ2n) is 12.0. The first-order chi connectivity index (χ1) is 22.8. The summed E-state index contributed by atoms with van der Waals surface area (Å²) in [5.41, 5.74) is 0. The highest BCUT2D eigenvalue weighted by Crippen LogP contribution is 2.31. The van der Waals surface area contributed by atoms with Crippen molar-refractivity contribution in [1.29, 1.82) is 0 Å². The van der Waals surface area contributed by atoms with Crippen LogP contribution in [-0.4, -0.2) is 188 Å². The van der Waals surface area contributed by atoms with Crippen molar-refractivity contribution in [1.82, 2.24) is 5.32 Å². The Hall–Kier alpha value is -1.50. The maximum absolute atomic E-state index is 12.3. The molecule has 0 aliphatic carbocycles. The summed E-state index contributed by atoms with van der Waals surface area (Å²) in [5, 5.41) is 105. The van der Waals surface area contributed by atoms with Crippen molar-refractivity contribution in [3.8, 4) is 0 Å². The molecule has 11 N–H and O–H groups in total. The minimum absolute atomic E-state index is 0.0651. The summed E-state index contributed by atoms with van der Waals surface area (Å²) in [6, 6.07) is 0. The number of ketones is 1. The fourth-order valence-electron chi connectivity index (χ4n) is 5.56. The Labute approximate surface area is 276 Å². The maximum atomic E-state index is 12.3. The number of ether oxygens (including phenoxy) is 6. The van der Waals surface area contributed by atoms with Crippen LogP contribution in [0.25, 0.3) is 0 Å². The second kappa shape index (κ2) is 19.8. The molecule has 19 heteroatoms. The zero-order valence-corrected chi connectivity index (χ0v) is 26.7. The van der Waals surface area contributed by atoms with E-state index in [0.29, 0.717) is 25.8 Å². The maximum Gasteiger partial charge on any atom is 0.219 e. The summed E-state index contributed by atoms with van der Waals surface area (Å²) in [6.45, 7) is 0.160. The van der Waals surface area contributed by atoms with Crippen molar-refractivity contribution in [3.63, 3.8) is 0 Å². The molecule has 3 heterocycles. The molecule has 15 atom stereocenters. The van der Waals surface area contributed by atoms with Gasteiger partial charge in [-0.2, -0.15) is 0 Å². The van der Waals surface area contributed by atoms with Gasteiger partial charge in [-0.15, -0.1) is 0 Å². The molecule has 0 bridgehead atoms. The molecule has 0 aromatic carbocycles. The normalized spacial score (nSPS) is 40.4. The first kappa shape index (κ1) is 40.9. The number of hydrogen-bond donors (Lipinski definition) is 11. The van der Waals surface area contributed by atoms with Gasteiger partial charge in [0.25, 0.3) is 0 Å². The number of aliphatic hydroxyl groups is 10. The van der Waals surface area contributed by atoms with Gasteiger partial charge in [0.05, 0.1) is 26.4 Å². The van der Waals surface area contributed by atoms with Crippen LogP contribution in [0, 0.1) is 0 Å². The highest BCUT2D eigenvalue weighted by atomic mass is 16.7. The summed E-state index contributed by atoms with van der Waals surface area (Å²) in [5.74, 6) is -0.148. The SMILES string of the molecule is CCNC(=O)CCCCC(=O)CCCO[C@@H]1O[C@H](CO[C@H]2O[C@H](CO)[C@@H](O)[C@H](O)[C@@H]2O)[C@@H](O)[C@H](O[C@H]2O[C@H](CO)[C@@H](O)[C@H](O)[C@@H]2O)[C@H]1O. The summed E-state index contributed by atoms with van der Waals surface area (Å²) in [7, 11) is 0. The predicted octanol–water partition coefficient (Wildman–Crippen LogP) is -5.50. The Morgan fingerprint density at radius 3 is 1.73 bits per heavy atom. The van der Waals surface area contributed by atoms with E-state index >= 15 is 0 Å². The third kappa shape index (κ3) is 10.8. The van der Waals surface area contributed by atoms with Crippen LogP contribution in [0.1, 0.15) is 45.4 Å². The van der Waals surface area contributed by atoms with E-state index in [1.807, 2.05) is 6.92 Å². The van der Waals surface area contributed by atoms with E-state index in [-0.39, 0.29) is 37.6 Å². The Bertz CT molecular complexity index is 974. The van der Waals surface area contributed by atoms with Gasteiger partial charge in [-0.25, -0.2) is 0 Å². The van der Waals surface area contributed by atoms with Crippen LogP contribution in [0.3, 0.4) is 0 Å². The van der Waals surface area contributed by atoms with E-state index in [1.54, 1.807) is 0 Å². The standard InChI is InChI=1S/C29H51NO18/c1-2-30-17(34)8-4-3-6-13(33)7-5-9-43-28-25(42)26(48-29-24(41)22(39)19(36)15(11-32)46-29)20(37)16(47-28)12-44-27-23(40)21(38)18(35)14(10-31)45-27/h14-16,18-29,31-32,35-42H,2-12H2,1H3,(H,30,34)/t14-,15-,16-,18-,19-,20-,21+,22+,23+,24+,25-,26+,27+,28-,29-/m1/s1. The lowest BCUT2D eigenvalue weighted by molar-refractivity contribution is -0.366. The van der Waals surface area contributed by atoms with Crippen molar-refractivity contribution in [2.75, 3.05) is 33.0 Å². The van der Waals surface area contributed by atoms with Crippen molar-refractivity contribution in [3.05, 3.63) is 0 Å². The van der Waals surface area contributed by atoms with Crippen LogP contribution in [0.4, 0.5) is 0 Å². The predicted molar refractivity (Wildman–Crippen MR) is 156 cm³/mol. The fourth-order valence-corrected chi connectivity index (χ4v) is 5.56. The highest BCUT2D eigenvalue weighted by Gasteiger charge is 2.52. The number of rotatable bonds is 18. The largest absolute Gasteiger partial charge is 0.394 e. The lowest BCUT2D eigenvalue weighted by Gasteiger charge is -2.46. The zero-order chi connectivity index (χ0) is 35.5. The molecule has 280 valence electrons. The van der Waals surface area contributed by atoms with Gasteiger partial charge in [-0.1, -0.05) is 0 Å². The number of aliphatic hydroxyl groups excluding tert-OH is 10. The summed E-state index contributed by atoms with van der Waals surface area (Å²) < 4.78 is 33.2. The van der Waals surface area contributed by atoms with Gasteiger partial charge < -0.3 is 84.8 Å². The first-order valence-corrected chi connectivity index (χ1v) is 16.1. The minimum Gasteiger partial charge on any atom is -0.394 e. The molecule has 3 aliphatic heterocycles. The molecule has 0 aromatic rings. The number of hydrogen-bond acceptors (Lipinski definition) is 18. The van der Waals surface area contributed by atoms with Crippen LogP contribution in [-0.2, 0) is 38.0 Å². The van der Waals surface area contributed by atoms with Gasteiger partial charge >= 0.3 is 0 Å². The first-order valence-electron chi connectivity index (χ1n) is 16.1. The van der Waals surface area contributed by atoms with Gasteiger partial charge in [0, 0.05) is 25.8 Å². The smallest absolute Gasteiger partial charge is 0.219 e. The van der Waals surface area contributed by atoms with Crippen LogP contribution < -0.4 is 5.32 Å². The Morgan fingerprint density at radius 2 is 1.12 bits per heavy atom. The molecule has 1 amide bonds. The Kier molecular flexibility index (Phi) is 16.9. The number of carbonyl (C=O) groups is 2. The molecule has 3 saturated heterocycles. The molecule has 0 aromatic heterocycles. The number of unbranched alkanes of at least 4 members (excludes halogenated alkanes) is 1. The van der Waals surface area contributed by atoms with Crippen molar-refractivity contribution in [2.45, 2.75) is 138 Å². The van der Waals surface area contributed by atoms with E-state index in [0.717, 1.165) is 0 Å². The third-order valence-electron chi connectivity index (χ3n) is 8.42. The average Bonchev–Trinajstić information content (AvgIpc) is 3.07. The molecule has 3 rings (SSSR count). The number of carbonyl (C=O) groups excluding carboxylic acids is 2. The van der Waals surface area contributed by atoms with Gasteiger partial charge in [0.15, 0.2) is 18.9 Å². The van der Waals surface area contributed by atoms with Crippen LogP contribution in [0.2, 0.25) is 0 Å². The number of amides is 1. The number of nitrogens with one attached hydrogen (secondary N) is 1. The summed E-state index contributed by atoms with van der Waals surface area (Å²) in [6.07, 6.45) is -22.7. The topological polar surface area (TPSA) is 304 Å².